The molecule has 1 unspecified atom stereocenters. The molecule has 96 valence electrons. The molecule has 2 rings (SSSR count). The fourth-order valence-corrected chi connectivity index (χ4v) is 2.01. The lowest BCUT2D eigenvalue weighted by Crippen LogP contribution is -1.97. The van der Waals surface area contributed by atoms with E-state index in [0.717, 1.165) is 5.92 Å². The lowest BCUT2D eigenvalue weighted by Gasteiger charge is -2.09. The van der Waals surface area contributed by atoms with Crippen molar-refractivity contribution in [3.05, 3.63) is 60.2 Å². The zero-order chi connectivity index (χ0) is 12.1. The van der Waals surface area contributed by atoms with Crippen molar-refractivity contribution in [2.75, 3.05) is 0 Å². The van der Waals surface area contributed by atoms with Crippen LogP contribution in [0.2, 0.25) is 0 Å². The highest BCUT2D eigenvalue weighted by molar-refractivity contribution is 5.63. The first-order valence-corrected chi connectivity index (χ1v) is 6.44. The number of hydrogen-bond acceptors (Lipinski definition) is 0. The van der Waals surface area contributed by atoms with E-state index in [4.69, 9.17) is 0 Å². The van der Waals surface area contributed by atoms with Gasteiger partial charge in [0.25, 0.3) is 0 Å². The van der Waals surface area contributed by atoms with Gasteiger partial charge in [-0.05, 0) is 29.0 Å². The first-order valence-electron chi connectivity index (χ1n) is 6.44. The number of hydrogen-bond donors (Lipinski definition) is 0. The zero-order valence-corrected chi connectivity index (χ0v) is 10.7. The molecule has 0 heterocycles. The second-order valence-electron chi connectivity index (χ2n) is 4.78. The molecule has 0 aliphatic heterocycles. The van der Waals surface area contributed by atoms with Crippen molar-refractivity contribution in [2.45, 2.75) is 34.1 Å². The summed E-state index contributed by atoms with van der Waals surface area (Å²) in [5, 5.41) is 0. The van der Waals surface area contributed by atoms with Gasteiger partial charge in [-0.2, -0.15) is 0 Å². The third-order valence-electron chi connectivity index (χ3n) is 3.34. The van der Waals surface area contributed by atoms with Gasteiger partial charge in [0, 0.05) is 0 Å². The highest BCUT2D eigenvalue weighted by Gasteiger charge is 2.01. The Kier molecular flexibility index (Phi) is 5.64. The van der Waals surface area contributed by atoms with Gasteiger partial charge >= 0.3 is 0 Å². The molecule has 1 atom stereocenters. The predicted molar refractivity (Wildman–Crippen MR) is 81.8 cm³/mol. The van der Waals surface area contributed by atoms with Crippen molar-refractivity contribution in [1.82, 2.24) is 0 Å². The van der Waals surface area contributed by atoms with Gasteiger partial charge in [0.05, 0.1) is 0 Å². The summed E-state index contributed by atoms with van der Waals surface area (Å²) in [6.45, 7) is 4.56. The van der Waals surface area contributed by atoms with Crippen LogP contribution in [0.15, 0.2) is 54.6 Å². The van der Waals surface area contributed by atoms with Gasteiger partial charge in [-0.25, -0.2) is 0 Å². The summed E-state index contributed by atoms with van der Waals surface area (Å²) in [4.78, 5) is 0. The molecule has 0 heteroatoms. The van der Waals surface area contributed by atoms with Crippen molar-refractivity contribution in [3.63, 3.8) is 0 Å². The predicted octanol–water partition coefficient (Wildman–Crippen LogP) is 5.58. The maximum atomic E-state index is 2.31. The molecule has 0 bridgehead atoms. The average Bonchev–Trinajstić information content (AvgIpc) is 2.40. The van der Waals surface area contributed by atoms with E-state index in [2.05, 4.69) is 68.4 Å². The maximum Gasteiger partial charge on any atom is -0.0184 e. The van der Waals surface area contributed by atoms with Crippen molar-refractivity contribution in [3.8, 4) is 11.1 Å². The quantitative estimate of drug-likeness (QED) is 0.654. The molecule has 0 aliphatic carbocycles. The van der Waals surface area contributed by atoms with E-state index >= 15 is 0 Å². The summed E-state index contributed by atoms with van der Waals surface area (Å²) >= 11 is 0. The van der Waals surface area contributed by atoms with Gasteiger partial charge in [0.15, 0.2) is 0 Å². The van der Waals surface area contributed by atoms with E-state index in [0.29, 0.717) is 0 Å². The van der Waals surface area contributed by atoms with Crippen LogP contribution in [0.3, 0.4) is 0 Å². The Morgan fingerprint density at radius 3 is 1.94 bits per heavy atom. The Bertz CT molecular complexity index is 439. The zero-order valence-electron chi connectivity index (χ0n) is 10.7. The van der Waals surface area contributed by atoms with E-state index in [1.165, 1.54) is 29.5 Å². The molecule has 18 heavy (non-hydrogen) atoms. The SMILES string of the molecule is C.CCC(C)Cc1ccc(-c2ccccc2)cc1. The van der Waals surface area contributed by atoms with Crippen LogP contribution in [0, 0.1) is 5.92 Å². The lowest BCUT2D eigenvalue weighted by molar-refractivity contribution is 0.560. The Balaban J connectivity index is 0.00000162. The topological polar surface area (TPSA) is 0 Å². The Morgan fingerprint density at radius 2 is 1.39 bits per heavy atom. The largest absolute Gasteiger partial charge is 0.0776 e. The van der Waals surface area contributed by atoms with Gasteiger partial charge in [-0.15, -0.1) is 0 Å². The van der Waals surface area contributed by atoms with E-state index < -0.39 is 0 Å². The van der Waals surface area contributed by atoms with Crippen molar-refractivity contribution in [1.29, 1.82) is 0 Å². The van der Waals surface area contributed by atoms with E-state index in [1.807, 2.05) is 0 Å². The van der Waals surface area contributed by atoms with Crippen LogP contribution in [-0.2, 0) is 6.42 Å². The van der Waals surface area contributed by atoms with Crippen molar-refractivity contribution < 1.29 is 0 Å². The van der Waals surface area contributed by atoms with Crippen LogP contribution in [0.1, 0.15) is 33.3 Å². The van der Waals surface area contributed by atoms with E-state index in [1.54, 1.807) is 0 Å². The molecule has 0 spiro atoms. The second kappa shape index (κ2) is 7.00. The molecule has 2 aromatic rings. The van der Waals surface area contributed by atoms with E-state index in [-0.39, 0.29) is 7.43 Å². The van der Waals surface area contributed by atoms with Crippen molar-refractivity contribution >= 4 is 0 Å². The molecule has 0 N–H and O–H groups in total. The molecule has 0 nitrogen and oxygen atoms in total. The minimum Gasteiger partial charge on any atom is -0.0776 e. The summed E-state index contributed by atoms with van der Waals surface area (Å²) in [5.41, 5.74) is 4.04. The summed E-state index contributed by atoms with van der Waals surface area (Å²) in [6.07, 6.45) is 2.44. The van der Waals surface area contributed by atoms with Gasteiger partial charge in [0.1, 0.15) is 0 Å². The maximum absolute atomic E-state index is 2.31. The van der Waals surface area contributed by atoms with Crippen LogP contribution in [0.5, 0.6) is 0 Å². The molecule has 0 amide bonds. The summed E-state index contributed by atoms with van der Waals surface area (Å²) in [5.74, 6) is 0.776. The molecule has 0 aliphatic rings. The van der Waals surface area contributed by atoms with Crippen molar-refractivity contribution in [2.24, 2.45) is 5.92 Å². The monoisotopic (exact) mass is 240 g/mol. The highest BCUT2D eigenvalue weighted by atomic mass is 14.1. The number of benzene rings is 2. The van der Waals surface area contributed by atoms with Crippen LogP contribution in [0.25, 0.3) is 11.1 Å². The van der Waals surface area contributed by atoms with Gasteiger partial charge in [-0.3, -0.25) is 0 Å². The third-order valence-corrected chi connectivity index (χ3v) is 3.34. The Morgan fingerprint density at radius 1 is 0.833 bits per heavy atom. The highest BCUT2D eigenvalue weighted by Crippen LogP contribution is 2.20. The molecule has 0 aromatic heterocycles. The minimum absolute atomic E-state index is 0. The first-order chi connectivity index (χ1) is 8.29. The smallest absolute Gasteiger partial charge is 0.0184 e. The molecule has 2 aromatic carbocycles. The standard InChI is InChI=1S/C17H20.CH4/c1-3-14(2)13-15-9-11-17(12-10-15)16-7-5-4-6-8-16;/h4-12,14H,3,13H2,1-2H3;1H4. The molecule has 0 saturated heterocycles. The first kappa shape index (κ1) is 14.5. The van der Waals surface area contributed by atoms with Gasteiger partial charge < -0.3 is 0 Å². The minimum atomic E-state index is 0. The third kappa shape index (κ3) is 3.73. The summed E-state index contributed by atoms with van der Waals surface area (Å²) in [6, 6.07) is 19.5. The number of rotatable bonds is 4. The summed E-state index contributed by atoms with van der Waals surface area (Å²) in [7, 11) is 0. The van der Waals surface area contributed by atoms with Gasteiger partial charge in [0.2, 0.25) is 0 Å². The molecule has 0 radical (unpaired) electrons. The average molecular weight is 240 g/mol. The molecular weight excluding hydrogens is 216 g/mol. The second-order valence-corrected chi connectivity index (χ2v) is 4.78. The lowest BCUT2D eigenvalue weighted by atomic mass is 9.97. The van der Waals surface area contributed by atoms with Crippen LogP contribution in [-0.4, -0.2) is 0 Å². The van der Waals surface area contributed by atoms with Crippen LogP contribution < -0.4 is 0 Å². The molecule has 0 saturated carbocycles. The Hall–Kier alpha value is -1.56. The fourth-order valence-electron chi connectivity index (χ4n) is 2.01. The summed E-state index contributed by atoms with van der Waals surface area (Å²) < 4.78 is 0. The van der Waals surface area contributed by atoms with E-state index in [9.17, 15) is 0 Å². The normalized spacial score (nSPS) is 11.7. The molecular formula is C18H24. The van der Waals surface area contributed by atoms with Crippen LogP contribution >= 0.6 is 0 Å². The van der Waals surface area contributed by atoms with Crippen LogP contribution in [0.4, 0.5) is 0 Å². The van der Waals surface area contributed by atoms with Gasteiger partial charge in [-0.1, -0.05) is 82.3 Å². The molecule has 0 fully saturated rings. The Labute approximate surface area is 112 Å². The fraction of sp³-hybridized carbons (Fsp3) is 0.333.